The van der Waals surface area contributed by atoms with Crippen molar-refractivity contribution in [2.75, 3.05) is 38.1 Å². The molecular weight excluding hydrogens is 492 g/mol. The summed E-state index contributed by atoms with van der Waals surface area (Å²) in [5, 5.41) is 1.12. The minimum atomic E-state index is -3.56. The Kier molecular flexibility index (Phi) is 7.59. The molecule has 0 unspecified atom stereocenters. The van der Waals surface area contributed by atoms with Gasteiger partial charge in [0.25, 0.3) is 5.91 Å². The Hall–Kier alpha value is -2.04. The van der Waals surface area contributed by atoms with E-state index >= 15 is 0 Å². The number of para-hydroxylation sites is 1. The summed E-state index contributed by atoms with van der Waals surface area (Å²) >= 11 is 7.75. The number of aromatic nitrogens is 1. The lowest BCUT2D eigenvalue weighted by molar-refractivity contribution is 0.0983. The van der Waals surface area contributed by atoms with Crippen LogP contribution in [0.15, 0.2) is 47.4 Å². The van der Waals surface area contributed by atoms with E-state index in [9.17, 15) is 13.2 Å². The van der Waals surface area contributed by atoms with Crippen molar-refractivity contribution >= 4 is 54.2 Å². The number of rotatable bonds is 10. The molecule has 0 atom stereocenters. The fraction of sp³-hybridized carbons (Fsp3) is 0.417. The maximum atomic E-state index is 13.6. The molecule has 1 aromatic heterocycles. The zero-order chi connectivity index (χ0) is 24.5. The van der Waals surface area contributed by atoms with E-state index in [0.717, 1.165) is 30.6 Å². The number of carbonyl (C=O) groups is 1. The van der Waals surface area contributed by atoms with E-state index in [1.807, 2.05) is 12.1 Å². The molecule has 0 aliphatic heterocycles. The van der Waals surface area contributed by atoms with E-state index in [-0.39, 0.29) is 16.8 Å². The normalized spacial score (nSPS) is 14.3. The first-order valence-corrected chi connectivity index (χ1v) is 14.1. The van der Waals surface area contributed by atoms with Gasteiger partial charge in [-0.3, -0.25) is 9.69 Å². The van der Waals surface area contributed by atoms with E-state index < -0.39 is 10.0 Å². The highest BCUT2D eigenvalue weighted by Gasteiger charge is 2.35. The van der Waals surface area contributed by atoms with E-state index in [2.05, 4.69) is 23.7 Å². The number of likely N-dealkylation sites (N-methyl/N-ethyl adjacent to an activating group) is 1. The number of nitrogens with zero attached hydrogens (tertiary/aromatic N) is 4. The van der Waals surface area contributed by atoms with Gasteiger partial charge in [-0.15, -0.1) is 0 Å². The molecule has 7 nitrogen and oxygen atoms in total. The smallest absolute Gasteiger partial charge is 0.260 e. The number of sulfonamides is 1. The molecule has 0 spiro atoms. The molecule has 0 saturated heterocycles. The zero-order valence-electron chi connectivity index (χ0n) is 19.6. The summed E-state index contributed by atoms with van der Waals surface area (Å²) in [7, 11) is -1.95. The molecule has 1 fully saturated rings. The summed E-state index contributed by atoms with van der Waals surface area (Å²) < 4.78 is 28.0. The van der Waals surface area contributed by atoms with Crippen molar-refractivity contribution in [3.05, 3.63) is 53.1 Å². The Labute approximate surface area is 210 Å². The molecule has 1 saturated carbocycles. The third-order valence-corrected chi connectivity index (χ3v) is 9.48. The van der Waals surface area contributed by atoms with Gasteiger partial charge >= 0.3 is 0 Å². The topological polar surface area (TPSA) is 73.8 Å². The highest BCUT2D eigenvalue weighted by atomic mass is 35.5. The van der Waals surface area contributed by atoms with Crippen molar-refractivity contribution in [2.24, 2.45) is 0 Å². The van der Waals surface area contributed by atoms with Gasteiger partial charge in [0, 0.05) is 31.7 Å². The molecular formula is C24H29ClN4O3S2. The van der Waals surface area contributed by atoms with E-state index in [1.165, 1.54) is 27.8 Å². The summed E-state index contributed by atoms with van der Waals surface area (Å²) in [6, 6.07) is 11.9. The molecule has 182 valence electrons. The van der Waals surface area contributed by atoms with Crippen LogP contribution in [0, 0.1) is 0 Å². The maximum absolute atomic E-state index is 13.6. The van der Waals surface area contributed by atoms with Crippen LogP contribution in [0.2, 0.25) is 5.02 Å². The summed E-state index contributed by atoms with van der Waals surface area (Å²) in [4.78, 5) is 22.4. The average Bonchev–Trinajstić information content (AvgIpc) is 3.60. The summed E-state index contributed by atoms with van der Waals surface area (Å²) in [5.74, 6) is -0.221. The Morgan fingerprint density at radius 2 is 1.76 bits per heavy atom. The predicted octanol–water partition coefficient (Wildman–Crippen LogP) is 4.72. The van der Waals surface area contributed by atoms with E-state index in [1.54, 1.807) is 30.1 Å². The monoisotopic (exact) mass is 520 g/mol. The van der Waals surface area contributed by atoms with Crippen LogP contribution in [-0.2, 0) is 10.0 Å². The van der Waals surface area contributed by atoms with Crippen molar-refractivity contribution in [1.82, 2.24) is 14.2 Å². The molecule has 2 aromatic carbocycles. The quantitative estimate of drug-likeness (QED) is 0.386. The second-order valence-corrected chi connectivity index (χ2v) is 11.8. The fourth-order valence-electron chi connectivity index (χ4n) is 3.81. The first-order chi connectivity index (χ1) is 16.3. The van der Waals surface area contributed by atoms with Gasteiger partial charge < -0.3 is 4.90 Å². The van der Waals surface area contributed by atoms with Crippen molar-refractivity contribution in [1.29, 1.82) is 0 Å². The van der Waals surface area contributed by atoms with Crippen molar-refractivity contribution in [3.8, 4) is 0 Å². The number of thiazole rings is 1. The first-order valence-electron chi connectivity index (χ1n) is 11.4. The van der Waals surface area contributed by atoms with E-state index in [4.69, 9.17) is 11.6 Å². The standard InChI is InChI=1S/C24H29ClN4O3S2/c1-4-28(5-2)15-16-29(24-26-22-20(25)7-6-8-21(22)33-24)23(30)17-9-13-19(14-10-17)34(31,32)27(3)18-11-12-18/h6-10,13-14,18H,4-5,11-12,15-16H2,1-3H3. The molecule has 0 bridgehead atoms. The molecule has 1 aliphatic carbocycles. The number of fused-ring (bicyclic) bond motifs is 1. The SMILES string of the molecule is CCN(CC)CCN(C(=O)c1ccc(S(=O)(=O)N(C)C2CC2)cc1)c1nc2c(Cl)cccc2s1. The van der Waals surface area contributed by atoms with Crippen molar-refractivity contribution in [3.63, 3.8) is 0 Å². The van der Waals surface area contributed by atoms with Gasteiger partial charge in [-0.25, -0.2) is 13.4 Å². The van der Waals surface area contributed by atoms with Gasteiger partial charge in [-0.05, 0) is 62.3 Å². The Bertz CT molecular complexity index is 1270. The van der Waals surface area contributed by atoms with Crippen LogP contribution in [-0.4, -0.2) is 67.8 Å². The number of halogens is 1. The highest BCUT2D eigenvalue weighted by Crippen LogP contribution is 2.34. The van der Waals surface area contributed by atoms with Gasteiger partial charge in [-0.1, -0.05) is 42.9 Å². The Balaban J connectivity index is 1.63. The molecule has 3 aromatic rings. The summed E-state index contributed by atoms with van der Waals surface area (Å²) in [5.41, 5.74) is 1.09. The van der Waals surface area contributed by atoms with Crippen LogP contribution in [0.5, 0.6) is 0 Å². The molecule has 0 N–H and O–H groups in total. The van der Waals surface area contributed by atoms with Gasteiger partial charge in [0.2, 0.25) is 10.0 Å². The van der Waals surface area contributed by atoms with Crippen LogP contribution in [0.3, 0.4) is 0 Å². The van der Waals surface area contributed by atoms with Crippen LogP contribution < -0.4 is 4.90 Å². The number of hydrogen-bond donors (Lipinski definition) is 0. The van der Waals surface area contributed by atoms with Crippen LogP contribution >= 0.6 is 22.9 Å². The number of benzene rings is 2. The Morgan fingerprint density at radius 1 is 1.09 bits per heavy atom. The molecule has 34 heavy (non-hydrogen) atoms. The highest BCUT2D eigenvalue weighted by molar-refractivity contribution is 7.89. The lowest BCUT2D eigenvalue weighted by Crippen LogP contribution is -2.38. The number of carbonyl (C=O) groups excluding carboxylic acids is 1. The predicted molar refractivity (Wildman–Crippen MR) is 139 cm³/mol. The summed E-state index contributed by atoms with van der Waals surface area (Å²) in [6.07, 6.45) is 1.78. The third kappa shape index (κ3) is 5.13. The summed E-state index contributed by atoms with van der Waals surface area (Å²) in [6.45, 7) is 7.09. The molecule has 1 heterocycles. The van der Waals surface area contributed by atoms with Gasteiger partial charge in [0.1, 0.15) is 5.52 Å². The second-order valence-electron chi connectivity index (χ2n) is 8.34. The average molecular weight is 521 g/mol. The number of hydrogen-bond acceptors (Lipinski definition) is 6. The lowest BCUT2D eigenvalue weighted by atomic mass is 10.2. The van der Waals surface area contributed by atoms with Crippen LogP contribution in [0.25, 0.3) is 10.2 Å². The maximum Gasteiger partial charge on any atom is 0.260 e. The third-order valence-electron chi connectivity index (χ3n) is 6.21. The van der Waals surface area contributed by atoms with E-state index in [0.29, 0.717) is 34.3 Å². The second kappa shape index (κ2) is 10.3. The molecule has 1 aliphatic rings. The fourth-order valence-corrected chi connectivity index (χ4v) is 6.52. The largest absolute Gasteiger partial charge is 0.302 e. The zero-order valence-corrected chi connectivity index (χ0v) is 22.0. The van der Waals surface area contributed by atoms with Crippen molar-refractivity contribution < 1.29 is 13.2 Å². The molecule has 10 heteroatoms. The van der Waals surface area contributed by atoms with Gasteiger partial charge in [0.05, 0.1) is 14.6 Å². The number of amides is 1. The minimum absolute atomic E-state index is 0.0766. The molecule has 1 amide bonds. The first kappa shape index (κ1) is 25.1. The van der Waals surface area contributed by atoms with Crippen LogP contribution in [0.1, 0.15) is 37.0 Å². The van der Waals surface area contributed by atoms with Gasteiger partial charge in [-0.2, -0.15) is 4.31 Å². The van der Waals surface area contributed by atoms with Crippen molar-refractivity contribution in [2.45, 2.75) is 37.6 Å². The Morgan fingerprint density at radius 3 is 2.35 bits per heavy atom. The number of anilines is 1. The minimum Gasteiger partial charge on any atom is -0.302 e. The van der Waals surface area contributed by atoms with Crippen LogP contribution in [0.4, 0.5) is 5.13 Å². The molecule has 4 rings (SSSR count). The molecule has 0 radical (unpaired) electrons. The van der Waals surface area contributed by atoms with Gasteiger partial charge in [0.15, 0.2) is 5.13 Å². The lowest BCUT2D eigenvalue weighted by Gasteiger charge is -2.25.